The number of carbonyl (C=O) groups excluding carboxylic acids is 1. The predicted octanol–water partition coefficient (Wildman–Crippen LogP) is -0.154. The lowest BCUT2D eigenvalue weighted by molar-refractivity contribution is 0.240. The van der Waals surface area contributed by atoms with Crippen LogP contribution in [0.15, 0.2) is 9.98 Å². The number of urea groups is 1. The molecule has 4 N–H and O–H groups in total. The van der Waals surface area contributed by atoms with Gasteiger partial charge in [0.15, 0.2) is 0 Å². The minimum Gasteiger partial charge on any atom is -0.369 e. The van der Waals surface area contributed by atoms with Crippen LogP contribution in [0.2, 0.25) is 0 Å². The third-order valence-electron chi connectivity index (χ3n) is 3.48. The summed E-state index contributed by atoms with van der Waals surface area (Å²) >= 11 is 0. The Hall–Kier alpha value is -1.79. The zero-order chi connectivity index (χ0) is 14.4. The van der Waals surface area contributed by atoms with Gasteiger partial charge < -0.3 is 21.3 Å². The van der Waals surface area contributed by atoms with E-state index in [9.17, 15) is 4.79 Å². The van der Waals surface area contributed by atoms with E-state index in [2.05, 4.69) is 31.3 Å². The van der Waals surface area contributed by atoms with Crippen LogP contribution in [0.5, 0.6) is 0 Å². The molecule has 0 radical (unpaired) electrons. The molecule has 0 aliphatic carbocycles. The second kappa shape index (κ2) is 7.12. The Labute approximate surface area is 119 Å². The van der Waals surface area contributed by atoms with Crippen molar-refractivity contribution in [2.45, 2.75) is 38.8 Å². The number of nitrogens with one attached hydrogen (secondary N) is 4. The van der Waals surface area contributed by atoms with Crippen LogP contribution in [0, 0.1) is 0 Å². The molecular weight excluding hydrogens is 256 g/mol. The van der Waals surface area contributed by atoms with Crippen LogP contribution in [0.4, 0.5) is 4.79 Å². The first-order valence-corrected chi connectivity index (χ1v) is 7.20. The second-order valence-electron chi connectivity index (χ2n) is 5.29. The van der Waals surface area contributed by atoms with Gasteiger partial charge >= 0.3 is 6.03 Å². The molecule has 2 heterocycles. The molecule has 2 amide bonds. The molecule has 0 saturated heterocycles. The van der Waals surface area contributed by atoms with Crippen molar-refractivity contribution in [3.05, 3.63) is 0 Å². The van der Waals surface area contributed by atoms with Crippen molar-refractivity contribution in [1.82, 2.24) is 21.3 Å². The number of hydrogen-bond donors (Lipinski definition) is 4. The second-order valence-corrected chi connectivity index (χ2v) is 5.29. The summed E-state index contributed by atoms with van der Waals surface area (Å²) in [6.07, 6.45) is 1.79. The van der Waals surface area contributed by atoms with Gasteiger partial charge in [-0.3, -0.25) is 9.98 Å². The van der Waals surface area contributed by atoms with Crippen LogP contribution in [0.1, 0.15) is 26.7 Å². The summed E-state index contributed by atoms with van der Waals surface area (Å²) < 4.78 is 0. The Bertz CT molecular complexity index is 370. The lowest BCUT2D eigenvalue weighted by Crippen LogP contribution is -2.41. The van der Waals surface area contributed by atoms with E-state index in [0.29, 0.717) is 25.2 Å². The van der Waals surface area contributed by atoms with Crippen molar-refractivity contribution in [2.75, 3.05) is 26.2 Å². The van der Waals surface area contributed by atoms with Crippen molar-refractivity contribution in [2.24, 2.45) is 9.98 Å². The van der Waals surface area contributed by atoms with Gasteiger partial charge in [0.2, 0.25) is 0 Å². The highest BCUT2D eigenvalue weighted by molar-refractivity contribution is 5.81. The number of hydrogen-bond acceptors (Lipinski definition) is 5. The van der Waals surface area contributed by atoms with Gasteiger partial charge in [0.05, 0.1) is 24.8 Å². The SMILES string of the molecule is CC1=NCC(CCNC(=O)NCCC2CN=C(C)N2)N1. The van der Waals surface area contributed by atoms with Crippen LogP contribution in [0.3, 0.4) is 0 Å². The van der Waals surface area contributed by atoms with E-state index in [1.165, 1.54) is 0 Å². The minimum absolute atomic E-state index is 0.101. The number of amidine groups is 2. The molecule has 0 saturated carbocycles. The first-order chi connectivity index (χ1) is 9.63. The maximum atomic E-state index is 11.6. The molecule has 0 fully saturated rings. The van der Waals surface area contributed by atoms with E-state index in [0.717, 1.165) is 37.6 Å². The van der Waals surface area contributed by atoms with Crippen LogP contribution in [-0.2, 0) is 0 Å². The number of carbonyl (C=O) groups is 1. The molecule has 2 atom stereocenters. The maximum absolute atomic E-state index is 11.6. The minimum atomic E-state index is -0.101. The van der Waals surface area contributed by atoms with Crippen LogP contribution in [0.25, 0.3) is 0 Å². The highest BCUT2D eigenvalue weighted by atomic mass is 16.2. The summed E-state index contributed by atoms with van der Waals surface area (Å²) in [6, 6.07) is 0.618. The largest absolute Gasteiger partial charge is 0.369 e. The first-order valence-electron chi connectivity index (χ1n) is 7.20. The van der Waals surface area contributed by atoms with E-state index < -0.39 is 0 Å². The molecule has 0 bridgehead atoms. The fraction of sp³-hybridized carbons (Fsp3) is 0.769. The average Bonchev–Trinajstić information content (AvgIpc) is 2.99. The Morgan fingerprint density at radius 1 is 1.05 bits per heavy atom. The normalized spacial score (nSPS) is 24.5. The zero-order valence-corrected chi connectivity index (χ0v) is 12.2. The van der Waals surface area contributed by atoms with Gasteiger partial charge in [-0.1, -0.05) is 0 Å². The average molecular weight is 280 g/mol. The first kappa shape index (κ1) is 14.6. The van der Waals surface area contributed by atoms with Gasteiger partial charge in [-0.25, -0.2) is 4.79 Å². The van der Waals surface area contributed by atoms with Gasteiger partial charge in [0, 0.05) is 25.2 Å². The van der Waals surface area contributed by atoms with Gasteiger partial charge in [0.1, 0.15) is 0 Å². The lowest BCUT2D eigenvalue weighted by atomic mass is 10.2. The molecule has 20 heavy (non-hydrogen) atoms. The maximum Gasteiger partial charge on any atom is 0.314 e. The van der Waals surface area contributed by atoms with Gasteiger partial charge in [-0.15, -0.1) is 0 Å². The Morgan fingerprint density at radius 3 is 1.85 bits per heavy atom. The summed E-state index contributed by atoms with van der Waals surface area (Å²) in [4.78, 5) is 20.1. The number of nitrogens with zero attached hydrogens (tertiary/aromatic N) is 2. The molecule has 0 aromatic rings. The van der Waals surface area contributed by atoms with Crippen molar-refractivity contribution in [3.8, 4) is 0 Å². The lowest BCUT2D eigenvalue weighted by Gasteiger charge is -2.13. The molecule has 0 spiro atoms. The smallest absolute Gasteiger partial charge is 0.314 e. The van der Waals surface area contributed by atoms with Crippen molar-refractivity contribution in [3.63, 3.8) is 0 Å². The molecule has 0 aromatic carbocycles. The summed E-state index contributed by atoms with van der Waals surface area (Å²) in [7, 11) is 0. The highest BCUT2D eigenvalue weighted by Crippen LogP contribution is 2.00. The highest BCUT2D eigenvalue weighted by Gasteiger charge is 2.15. The third kappa shape index (κ3) is 4.71. The van der Waals surface area contributed by atoms with Gasteiger partial charge in [-0.05, 0) is 26.7 Å². The molecule has 2 aliphatic heterocycles. The molecule has 112 valence electrons. The summed E-state index contributed by atoms with van der Waals surface area (Å²) in [6.45, 7) is 6.86. The van der Waals surface area contributed by atoms with Crippen molar-refractivity contribution >= 4 is 17.7 Å². The fourth-order valence-electron chi connectivity index (χ4n) is 2.38. The van der Waals surface area contributed by atoms with Crippen molar-refractivity contribution < 1.29 is 4.79 Å². The van der Waals surface area contributed by atoms with E-state index in [-0.39, 0.29) is 6.03 Å². The summed E-state index contributed by atoms with van der Waals surface area (Å²) in [5, 5.41) is 12.3. The molecule has 7 nitrogen and oxygen atoms in total. The molecule has 7 heteroatoms. The number of amides is 2. The van der Waals surface area contributed by atoms with Crippen LogP contribution < -0.4 is 21.3 Å². The number of rotatable bonds is 6. The third-order valence-corrected chi connectivity index (χ3v) is 3.48. The fourth-order valence-corrected chi connectivity index (χ4v) is 2.38. The molecule has 0 aromatic heterocycles. The predicted molar refractivity (Wildman–Crippen MR) is 80.4 cm³/mol. The van der Waals surface area contributed by atoms with Crippen molar-refractivity contribution in [1.29, 1.82) is 0 Å². The van der Waals surface area contributed by atoms with Crippen LogP contribution in [-0.4, -0.2) is 56.0 Å². The Balaban J connectivity index is 1.46. The van der Waals surface area contributed by atoms with Gasteiger partial charge in [0.25, 0.3) is 0 Å². The topological polar surface area (TPSA) is 89.9 Å². The molecule has 2 rings (SSSR count). The van der Waals surface area contributed by atoms with E-state index in [1.54, 1.807) is 0 Å². The zero-order valence-electron chi connectivity index (χ0n) is 12.2. The summed E-state index contributed by atoms with van der Waals surface area (Å²) in [5.74, 6) is 1.97. The Kier molecular flexibility index (Phi) is 5.20. The molecular formula is C13H24N6O. The van der Waals surface area contributed by atoms with E-state index >= 15 is 0 Å². The molecule has 2 unspecified atom stereocenters. The monoisotopic (exact) mass is 280 g/mol. The van der Waals surface area contributed by atoms with E-state index in [1.807, 2.05) is 13.8 Å². The number of aliphatic imine (C=N–C) groups is 2. The van der Waals surface area contributed by atoms with Crippen LogP contribution >= 0.6 is 0 Å². The van der Waals surface area contributed by atoms with Gasteiger partial charge in [-0.2, -0.15) is 0 Å². The Morgan fingerprint density at radius 2 is 1.50 bits per heavy atom. The molecule has 2 aliphatic rings. The quantitative estimate of drug-likeness (QED) is 0.545. The standard InChI is InChI=1S/C13H24N6O/c1-9-16-7-11(18-9)3-5-14-13(20)15-6-4-12-8-17-10(2)19-12/h11-12H,3-8H2,1-2H3,(H,16,18)(H,17,19)(H2,14,15,20). The van der Waals surface area contributed by atoms with E-state index in [4.69, 9.17) is 0 Å². The summed E-state index contributed by atoms with van der Waals surface area (Å²) in [5.41, 5.74) is 0.